The van der Waals surface area contributed by atoms with Crippen molar-refractivity contribution in [2.24, 2.45) is 0 Å². The number of halogens is 7. The Hall–Kier alpha value is -0.230. The molecule has 3 nitrogen and oxygen atoms in total. The molecule has 0 aromatic carbocycles. The first kappa shape index (κ1) is 13.8. The summed E-state index contributed by atoms with van der Waals surface area (Å²) in [7, 11) is -17.4. The van der Waals surface area contributed by atoms with E-state index < -0.39 is 31.3 Å². The van der Waals surface area contributed by atoms with Crippen molar-refractivity contribution in [2.75, 3.05) is 5.75 Å². The van der Waals surface area contributed by atoms with Crippen LogP contribution in [0.1, 0.15) is 0 Å². The molecule has 14 heavy (non-hydrogen) atoms. The smallest absolute Gasteiger partial charge is 0.352 e. The lowest BCUT2D eigenvalue weighted by atomic mass is 10.8. The fourth-order valence-electron chi connectivity index (χ4n) is 0.390. The molecular weight excluding hydrogens is 269 g/mol. The summed E-state index contributed by atoms with van der Waals surface area (Å²) in [5, 5.41) is -6.06. The van der Waals surface area contributed by atoms with Crippen LogP contribution < -0.4 is 0 Å². The quantitative estimate of drug-likeness (QED) is 0.585. The molecule has 0 unspecified atom stereocenters. The first-order chi connectivity index (χ1) is 5.43. The minimum absolute atomic E-state index is 4.24. The molecule has 90 valence electrons. The van der Waals surface area contributed by atoms with E-state index in [1.165, 1.54) is 0 Å². The van der Waals surface area contributed by atoms with Gasteiger partial charge in [0.2, 0.25) is 0 Å². The van der Waals surface area contributed by atoms with E-state index in [-0.39, 0.29) is 0 Å². The van der Waals surface area contributed by atoms with Gasteiger partial charge in [-0.15, -0.1) is 0 Å². The minimum Gasteiger partial charge on any atom is -0.743 e. The van der Waals surface area contributed by atoms with Crippen LogP contribution in [-0.4, -0.2) is 24.0 Å². The molecule has 0 saturated carbocycles. The zero-order valence-corrected chi connectivity index (χ0v) is 7.53. The molecule has 0 rings (SSSR count). The van der Waals surface area contributed by atoms with Gasteiger partial charge in [-0.1, -0.05) is 19.4 Å². The van der Waals surface area contributed by atoms with Gasteiger partial charge in [0, 0.05) is 0 Å². The summed E-state index contributed by atoms with van der Waals surface area (Å²) in [4.78, 5) is 0. The summed E-state index contributed by atoms with van der Waals surface area (Å²) in [5.74, 6) is -4.24. The highest BCUT2D eigenvalue weighted by Crippen LogP contribution is 2.98. The maximum atomic E-state index is 11.8. The topological polar surface area (TPSA) is 57.2 Å². The van der Waals surface area contributed by atoms with Gasteiger partial charge in [0.1, 0.15) is 0 Å². The van der Waals surface area contributed by atoms with Gasteiger partial charge in [-0.25, -0.2) is 8.42 Å². The molecule has 0 aliphatic carbocycles. The van der Waals surface area contributed by atoms with Gasteiger partial charge in [-0.05, 0) is 0 Å². The van der Waals surface area contributed by atoms with Gasteiger partial charge in [-0.3, -0.25) is 0 Å². The van der Waals surface area contributed by atoms with Gasteiger partial charge in [-0.2, -0.15) is 8.78 Å². The fourth-order valence-corrected chi connectivity index (χ4v) is 2.27. The molecule has 0 saturated heterocycles. The molecule has 0 spiro atoms. The van der Waals surface area contributed by atoms with Crippen molar-refractivity contribution in [2.45, 2.75) is 5.25 Å². The number of rotatable bonds is 3. The average molecular weight is 271 g/mol. The third-order valence-electron chi connectivity index (χ3n) is 0.807. The summed E-state index contributed by atoms with van der Waals surface area (Å²) in [6.45, 7) is 0. The number of alkyl halides is 2. The molecule has 0 aromatic heterocycles. The van der Waals surface area contributed by atoms with Crippen LogP contribution in [0.5, 0.6) is 0 Å². The molecular formula is C2H2F7O3S2-. The molecule has 0 aromatic rings. The summed E-state index contributed by atoms with van der Waals surface area (Å²) in [6, 6.07) is 0. The molecule has 0 amide bonds. The molecule has 0 radical (unpaired) electrons. The van der Waals surface area contributed by atoms with E-state index in [1.807, 2.05) is 0 Å². The fraction of sp³-hybridized carbons (Fsp3) is 1.00. The molecule has 0 bridgehead atoms. The monoisotopic (exact) mass is 271 g/mol. The van der Waals surface area contributed by atoms with E-state index in [9.17, 15) is 41.2 Å². The summed E-state index contributed by atoms with van der Waals surface area (Å²) in [6.07, 6.45) is 0. The van der Waals surface area contributed by atoms with Gasteiger partial charge >= 0.3 is 5.25 Å². The van der Waals surface area contributed by atoms with E-state index in [4.69, 9.17) is 0 Å². The Morgan fingerprint density at radius 3 is 1.43 bits per heavy atom. The molecule has 0 fully saturated rings. The standard InChI is InChI=1S/C2H3F7O3S2/c3-2(4,13(10,11)12)1-14(5,6,7,8)9/h1H2,(H,10,11,12)/p-1. The van der Waals surface area contributed by atoms with Crippen molar-refractivity contribution in [1.29, 1.82) is 0 Å². The lowest BCUT2D eigenvalue weighted by Crippen LogP contribution is -2.37. The first-order valence-corrected chi connectivity index (χ1v) is 6.02. The van der Waals surface area contributed by atoms with Crippen LogP contribution in [-0.2, 0) is 10.1 Å². The van der Waals surface area contributed by atoms with Gasteiger partial charge < -0.3 is 4.55 Å². The Morgan fingerprint density at radius 1 is 1.07 bits per heavy atom. The lowest BCUT2D eigenvalue weighted by Gasteiger charge is -2.42. The van der Waals surface area contributed by atoms with Crippen molar-refractivity contribution in [3.8, 4) is 0 Å². The SMILES string of the molecule is O=S(=O)([O-])C(F)(F)CS(F)(F)(F)(F)F. The second-order valence-corrected chi connectivity index (χ2v) is 6.42. The van der Waals surface area contributed by atoms with E-state index in [0.717, 1.165) is 0 Å². The van der Waals surface area contributed by atoms with Crippen molar-refractivity contribution in [1.82, 2.24) is 0 Å². The second kappa shape index (κ2) is 2.29. The normalized spacial score (nSPS) is 20.0. The van der Waals surface area contributed by atoms with Crippen molar-refractivity contribution >= 4 is 20.3 Å². The number of hydrogen-bond donors (Lipinski definition) is 0. The second-order valence-electron chi connectivity index (χ2n) is 2.36. The van der Waals surface area contributed by atoms with Gasteiger partial charge in [0.05, 0.1) is 0 Å². The Labute approximate surface area is 73.4 Å². The maximum Gasteiger partial charge on any atom is 0.352 e. The molecule has 0 aliphatic heterocycles. The highest BCUT2D eigenvalue weighted by atomic mass is 32.5. The zero-order chi connectivity index (χ0) is 12.1. The Kier molecular flexibility index (Phi) is 2.26. The van der Waals surface area contributed by atoms with Crippen molar-refractivity contribution in [3.05, 3.63) is 0 Å². The van der Waals surface area contributed by atoms with Crippen LogP contribution >= 0.6 is 10.2 Å². The molecule has 0 atom stereocenters. The lowest BCUT2D eigenvalue weighted by molar-refractivity contribution is 0.0936. The van der Waals surface area contributed by atoms with E-state index >= 15 is 0 Å². The van der Waals surface area contributed by atoms with Crippen LogP contribution in [0.4, 0.5) is 28.2 Å². The predicted molar refractivity (Wildman–Crippen MR) is 32.6 cm³/mol. The molecule has 0 heterocycles. The highest BCUT2D eigenvalue weighted by molar-refractivity contribution is 8.46. The Balaban J connectivity index is 5.29. The van der Waals surface area contributed by atoms with Crippen molar-refractivity contribution in [3.63, 3.8) is 0 Å². The van der Waals surface area contributed by atoms with E-state index in [2.05, 4.69) is 0 Å². The molecule has 12 heteroatoms. The molecule has 0 N–H and O–H groups in total. The van der Waals surface area contributed by atoms with Gasteiger partial charge in [0.25, 0.3) is 10.2 Å². The van der Waals surface area contributed by atoms with Gasteiger partial charge in [0.15, 0.2) is 15.9 Å². The Morgan fingerprint density at radius 2 is 1.36 bits per heavy atom. The van der Waals surface area contributed by atoms with Crippen LogP contribution in [0.25, 0.3) is 0 Å². The predicted octanol–water partition coefficient (Wildman–Crippen LogP) is 2.42. The van der Waals surface area contributed by atoms with Crippen LogP contribution in [0.3, 0.4) is 0 Å². The summed E-state index contributed by atoms with van der Waals surface area (Å²) in [5.41, 5.74) is 0. The third kappa shape index (κ3) is 4.85. The van der Waals surface area contributed by atoms with E-state index in [1.54, 1.807) is 0 Å². The van der Waals surface area contributed by atoms with Crippen molar-refractivity contribution < 1.29 is 41.2 Å². The maximum absolute atomic E-state index is 11.8. The zero-order valence-electron chi connectivity index (χ0n) is 5.89. The minimum atomic E-state index is -10.6. The third-order valence-corrected chi connectivity index (χ3v) is 2.77. The average Bonchev–Trinajstić information content (AvgIpc) is 1.46. The van der Waals surface area contributed by atoms with Crippen LogP contribution in [0, 0.1) is 0 Å². The first-order valence-electron chi connectivity index (χ1n) is 2.50. The van der Waals surface area contributed by atoms with E-state index in [0.29, 0.717) is 0 Å². The summed E-state index contributed by atoms with van der Waals surface area (Å²) >= 11 is 0. The summed E-state index contributed by atoms with van der Waals surface area (Å²) < 4.78 is 109. The number of hydrogen-bond acceptors (Lipinski definition) is 3. The van der Waals surface area contributed by atoms with Crippen LogP contribution in [0.15, 0.2) is 0 Å². The largest absolute Gasteiger partial charge is 0.743 e. The Bertz CT molecular complexity index is 336. The highest BCUT2D eigenvalue weighted by Gasteiger charge is 2.70. The van der Waals surface area contributed by atoms with Crippen LogP contribution in [0.2, 0.25) is 0 Å². The molecule has 0 aliphatic rings.